The Labute approximate surface area is 93.8 Å². The molecule has 0 fully saturated rings. The number of ether oxygens (including phenoxy) is 1. The minimum atomic E-state index is -0.313. The Morgan fingerprint density at radius 2 is 2.12 bits per heavy atom. The first-order valence-electron chi connectivity index (χ1n) is 4.91. The van der Waals surface area contributed by atoms with Crippen LogP contribution in [-0.4, -0.2) is 22.8 Å². The second-order valence-corrected chi connectivity index (χ2v) is 3.29. The van der Waals surface area contributed by atoms with Gasteiger partial charge in [0.25, 0.3) is 0 Å². The van der Waals surface area contributed by atoms with Gasteiger partial charge >= 0.3 is 5.97 Å². The molecule has 0 aliphatic heterocycles. The van der Waals surface area contributed by atoms with Crippen LogP contribution in [-0.2, 0) is 16.0 Å². The van der Waals surface area contributed by atoms with Gasteiger partial charge in [-0.3, -0.25) is 4.79 Å². The fourth-order valence-electron chi connectivity index (χ4n) is 1.19. The Morgan fingerprint density at radius 1 is 1.38 bits per heavy atom. The van der Waals surface area contributed by atoms with Crippen LogP contribution in [0.15, 0.2) is 30.9 Å². The van der Waals surface area contributed by atoms with Crippen molar-refractivity contribution in [1.29, 1.82) is 0 Å². The Balaban J connectivity index is 2.45. The lowest BCUT2D eigenvalue weighted by molar-refractivity contribution is -0.142. The van der Waals surface area contributed by atoms with Gasteiger partial charge in [-0.05, 0) is 24.1 Å². The van der Waals surface area contributed by atoms with Crippen LogP contribution in [0.2, 0.25) is 0 Å². The minimum Gasteiger partial charge on any atom is -0.504 e. The Bertz CT molecular complexity index is 385. The summed E-state index contributed by atoms with van der Waals surface area (Å²) in [5.74, 6) is -0.664. The summed E-state index contributed by atoms with van der Waals surface area (Å²) < 4.78 is 4.80. The molecule has 0 unspecified atom stereocenters. The molecule has 0 radical (unpaired) electrons. The van der Waals surface area contributed by atoms with Gasteiger partial charge in [-0.2, -0.15) is 0 Å². The fraction of sp³-hybridized carbons (Fsp3) is 0.250. The van der Waals surface area contributed by atoms with Crippen molar-refractivity contribution >= 4 is 5.97 Å². The summed E-state index contributed by atoms with van der Waals surface area (Å²) in [7, 11) is 0. The first-order chi connectivity index (χ1) is 7.63. The van der Waals surface area contributed by atoms with Crippen LogP contribution in [0, 0.1) is 0 Å². The largest absolute Gasteiger partial charge is 0.504 e. The Kier molecular flexibility index (Phi) is 4.39. The van der Waals surface area contributed by atoms with Crippen molar-refractivity contribution < 1.29 is 19.7 Å². The summed E-state index contributed by atoms with van der Waals surface area (Å²) in [6, 6.07) is 4.46. The van der Waals surface area contributed by atoms with Crippen molar-refractivity contribution in [2.45, 2.75) is 12.8 Å². The molecule has 16 heavy (non-hydrogen) atoms. The summed E-state index contributed by atoms with van der Waals surface area (Å²) in [6.45, 7) is 3.64. The van der Waals surface area contributed by atoms with Crippen LogP contribution >= 0.6 is 0 Å². The Hall–Kier alpha value is -1.97. The Morgan fingerprint density at radius 3 is 2.75 bits per heavy atom. The maximum absolute atomic E-state index is 11.1. The molecule has 0 aromatic heterocycles. The van der Waals surface area contributed by atoms with E-state index in [1.54, 1.807) is 6.07 Å². The van der Waals surface area contributed by atoms with E-state index in [9.17, 15) is 9.90 Å². The average molecular weight is 222 g/mol. The summed E-state index contributed by atoms with van der Waals surface area (Å²) in [5.41, 5.74) is 0.769. The first kappa shape index (κ1) is 12.1. The van der Waals surface area contributed by atoms with Gasteiger partial charge in [0.1, 0.15) is 6.61 Å². The number of carbonyl (C=O) groups excluding carboxylic acids is 1. The maximum atomic E-state index is 11.1. The van der Waals surface area contributed by atoms with Crippen LogP contribution in [0.1, 0.15) is 12.0 Å². The van der Waals surface area contributed by atoms with Gasteiger partial charge in [0.05, 0.1) is 0 Å². The molecule has 0 heterocycles. The SMILES string of the molecule is C=CCOC(=O)CCc1ccc(O)c(O)c1. The molecule has 1 aromatic rings. The highest BCUT2D eigenvalue weighted by atomic mass is 16.5. The number of carbonyl (C=O) groups is 1. The predicted octanol–water partition coefficient (Wildman–Crippen LogP) is 1.76. The summed E-state index contributed by atoms with van der Waals surface area (Å²) in [5, 5.41) is 18.3. The molecular formula is C12H14O4. The second-order valence-electron chi connectivity index (χ2n) is 3.29. The van der Waals surface area contributed by atoms with E-state index in [1.165, 1.54) is 18.2 Å². The number of hydrogen-bond acceptors (Lipinski definition) is 4. The van der Waals surface area contributed by atoms with E-state index in [-0.39, 0.29) is 30.5 Å². The molecule has 0 saturated carbocycles. The average Bonchev–Trinajstić information content (AvgIpc) is 2.28. The van der Waals surface area contributed by atoms with Crippen LogP contribution in [0.25, 0.3) is 0 Å². The standard InChI is InChI=1S/C12H14O4/c1-2-7-16-12(15)6-4-9-3-5-10(13)11(14)8-9/h2-3,5,8,13-14H,1,4,6-7H2. The van der Waals surface area contributed by atoms with Gasteiger partial charge in [-0.1, -0.05) is 18.7 Å². The number of hydrogen-bond donors (Lipinski definition) is 2. The van der Waals surface area contributed by atoms with E-state index in [2.05, 4.69) is 6.58 Å². The molecule has 4 nitrogen and oxygen atoms in total. The van der Waals surface area contributed by atoms with E-state index in [0.717, 1.165) is 5.56 Å². The highest BCUT2D eigenvalue weighted by Gasteiger charge is 2.05. The number of rotatable bonds is 5. The fourth-order valence-corrected chi connectivity index (χ4v) is 1.19. The van der Waals surface area contributed by atoms with Crippen LogP contribution in [0.5, 0.6) is 11.5 Å². The van der Waals surface area contributed by atoms with Crippen molar-refractivity contribution in [3.05, 3.63) is 36.4 Å². The van der Waals surface area contributed by atoms with Gasteiger partial charge in [0, 0.05) is 6.42 Å². The highest BCUT2D eigenvalue weighted by Crippen LogP contribution is 2.25. The lowest BCUT2D eigenvalue weighted by atomic mass is 10.1. The van der Waals surface area contributed by atoms with E-state index in [0.29, 0.717) is 6.42 Å². The maximum Gasteiger partial charge on any atom is 0.306 e. The number of phenols is 2. The minimum absolute atomic E-state index is 0.169. The van der Waals surface area contributed by atoms with Crippen molar-refractivity contribution in [3.63, 3.8) is 0 Å². The third-order valence-electron chi connectivity index (χ3n) is 2.02. The monoisotopic (exact) mass is 222 g/mol. The molecule has 0 spiro atoms. The smallest absolute Gasteiger partial charge is 0.306 e. The van der Waals surface area contributed by atoms with Crippen molar-refractivity contribution in [2.24, 2.45) is 0 Å². The van der Waals surface area contributed by atoms with Gasteiger partial charge in [0.15, 0.2) is 11.5 Å². The molecule has 0 aliphatic carbocycles. The summed E-state index contributed by atoms with van der Waals surface area (Å²) in [4.78, 5) is 11.1. The summed E-state index contributed by atoms with van der Waals surface area (Å²) in [6.07, 6.45) is 2.20. The zero-order valence-corrected chi connectivity index (χ0v) is 8.85. The molecule has 0 aliphatic rings. The normalized spacial score (nSPS) is 9.75. The highest BCUT2D eigenvalue weighted by molar-refractivity contribution is 5.69. The quantitative estimate of drug-likeness (QED) is 0.452. The number of aryl methyl sites for hydroxylation is 1. The third kappa shape index (κ3) is 3.65. The number of benzene rings is 1. The zero-order chi connectivity index (χ0) is 12.0. The number of esters is 1. The number of aromatic hydroxyl groups is 2. The van der Waals surface area contributed by atoms with E-state index >= 15 is 0 Å². The topological polar surface area (TPSA) is 66.8 Å². The van der Waals surface area contributed by atoms with Gasteiger partial charge < -0.3 is 14.9 Å². The van der Waals surface area contributed by atoms with Gasteiger partial charge in [-0.25, -0.2) is 0 Å². The van der Waals surface area contributed by atoms with E-state index in [1.807, 2.05) is 0 Å². The molecule has 0 atom stereocenters. The molecular weight excluding hydrogens is 208 g/mol. The van der Waals surface area contributed by atoms with E-state index < -0.39 is 0 Å². The molecule has 0 saturated heterocycles. The molecule has 0 bridgehead atoms. The van der Waals surface area contributed by atoms with Crippen molar-refractivity contribution in [2.75, 3.05) is 6.61 Å². The molecule has 0 amide bonds. The molecule has 1 rings (SSSR count). The molecule has 86 valence electrons. The predicted molar refractivity (Wildman–Crippen MR) is 59.2 cm³/mol. The lowest BCUT2D eigenvalue weighted by Crippen LogP contribution is -2.05. The zero-order valence-electron chi connectivity index (χ0n) is 8.85. The van der Waals surface area contributed by atoms with Crippen molar-refractivity contribution in [1.82, 2.24) is 0 Å². The molecule has 2 N–H and O–H groups in total. The first-order valence-corrected chi connectivity index (χ1v) is 4.91. The van der Waals surface area contributed by atoms with Crippen LogP contribution in [0.4, 0.5) is 0 Å². The van der Waals surface area contributed by atoms with E-state index in [4.69, 9.17) is 9.84 Å². The van der Waals surface area contributed by atoms with Gasteiger partial charge in [0.2, 0.25) is 0 Å². The van der Waals surface area contributed by atoms with Crippen molar-refractivity contribution in [3.8, 4) is 11.5 Å². The lowest BCUT2D eigenvalue weighted by Gasteiger charge is -2.03. The number of phenolic OH excluding ortho intramolecular Hbond substituents is 2. The van der Waals surface area contributed by atoms with Gasteiger partial charge in [-0.15, -0.1) is 0 Å². The molecule has 1 aromatic carbocycles. The second kappa shape index (κ2) is 5.80. The molecule has 4 heteroatoms. The summed E-state index contributed by atoms with van der Waals surface area (Å²) >= 11 is 0. The third-order valence-corrected chi connectivity index (χ3v) is 2.02. The van der Waals surface area contributed by atoms with Crippen LogP contribution < -0.4 is 0 Å². The van der Waals surface area contributed by atoms with Crippen LogP contribution in [0.3, 0.4) is 0 Å².